The first-order valence-electron chi connectivity index (χ1n) is 7.25. The maximum atomic E-state index is 3.29. The van der Waals surface area contributed by atoms with E-state index in [-0.39, 0.29) is 0 Å². The molecule has 0 saturated heterocycles. The molecule has 3 unspecified atom stereocenters. The molecule has 0 aromatic rings. The average Bonchev–Trinajstić information content (AvgIpc) is 2.29. The maximum Gasteiger partial charge on any atom is 0.0658 e. The highest BCUT2D eigenvalue weighted by molar-refractivity contribution is 5.06. The van der Waals surface area contributed by atoms with E-state index in [9.17, 15) is 0 Å². The van der Waals surface area contributed by atoms with Crippen molar-refractivity contribution in [3.8, 4) is 11.8 Å². The molecule has 100 valence electrons. The molecule has 0 fully saturated rings. The van der Waals surface area contributed by atoms with Crippen molar-refractivity contribution in [3.05, 3.63) is 0 Å². The van der Waals surface area contributed by atoms with E-state index in [1.54, 1.807) is 0 Å². The van der Waals surface area contributed by atoms with Crippen molar-refractivity contribution in [2.45, 2.75) is 72.3 Å². The zero-order chi connectivity index (χ0) is 13.1. The van der Waals surface area contributed by atoms with Crippen molar-refractivity contribution in [1.82, 2.24) is 5.32 Å². The first-order valence-corrected chi connectivity index (χ1v) is 7.25. The summed E-state index contributed by atoms with van der Waals surface area (Å²) in [5.41, 5.74) is 0. The molecule has 1 nitrogen and oxygen atoms in total. The summed E-state index contributed by atoms with van der Waals surface area (Å²) in [5.74, 6) is 8.16. The highest BCUT2D eigenvalue weighted by Gasteiger charge is 2.03. The van der Waals surface area contributed by atoms with Gasteiger partial charge in [-0.3, -0.25) is 0 Å². The van der Waals surface area contributed by atoms with Crippen LogP contribution in [0.15, 0.2) is 0 Å². The van der Waals surface area contributed by atoms with Gasteiger partial charge < -0.3 is 5.32 Å². The zero-order valence-electron chi connectivity index (χ0n) is 12.5. The Balaban J connectivity index is 3.58. The van der Waals surface area contributed by atoms with Crippen LogP contribution in [-0.2, 0) is 0 Å². The van der Waals surface area contributed by atoms with Crippen LogP contribution >= 0.6 is 0 Å². The second kappa shape index (κ2) is 10.7. The van der Waals surface area contributed by atoms with Crippen LogP contribution in [-0.4, -0.2) is 13.1 Å². The predicted octanol–water partition coefficient (Wildman–Crippen LogP) is 4.23. The van der Waals surface area contributed by atoms with E-state index in [0.29, 0.717) is 6.04 Å². The standard InChI is InChI=1S/C16H31N/c1-6-9-14(2)10-7-11-15(3)12-8-13-16(4)17-5/h14-17H,6-7,9-12H2,1-5H3. The van der Waals surface area contributed by atoms with Gasteiger partial charge in [-0.15, -0.1) is 5.92 Å². The van der Waals surface area contributed by atoms with Gasteiger partial charge in [0.25, 0.3) is 0 Å². The summed E-state index contributed by atoms with van der Waals surface area (Å²) in [6, 6.07) is 0.326. The first-order chi connectivity index (χ1) is 8.10. The Kier molecular flexibility index (Phi) is 10.4. The van der Waals surface area contributed by atoms with Gasteiger partial charge in [0.2, 0.25) is 0 Å². The van der Waals surface area contributed by atoms with Crippen molar-refractivity contribution in [2.75, 3.05) is 7.05 Å². The van der Waals surface area contributed by atoms with Gasteiger partial charge in [-0.1, -0.05) is 52.4 Å². The molecule has 0 aromatic carbocycles. The molecule has 0 saturated carbocycles. The molecule has 0 aliphatic rings. The van der Waals surface area contributed by atoms with Crippen LogP contribution in [0.1, 0.15) is 66.2 Å². The van der Waals surface area contributed by atoms with E-state index >= 15 is 0 Å². The topological polar surface area (TPSA) is 12.0 Å². The average molecular weight is 237 g/mol. The summed E-state index contributed by atoms with van der Waals surface area (Å²) in [4.78, 5) is 0. The molecule has 17 heavy (non-hydrogen) atoms. The maximum absolute atomic E-state index is 3.29. The summed E-state index contributed by atoms with van der Waals surface area (Å²) in [7, 11) is 1.96. The molecule has 0 spiro atoms. The largest absolute Gasteiger partial charge is 0.307 e. The lowest BCUT2D eigenvalue weighted by atomic mass is 9.94. The third-order valence-corrected chi connectivity index (χ3v) is 3.38. The summed E-state index contributed by atoms with van der Waals surface area (Å²) in [6.07, 6.45) is 7.84. The normalized spacial score (nSPS) is 15.8. The Bertz CT molecular complexity index is 223. The number of rotatable bonds is 8. The molecule has 1 N–H and O–H groups in total. The van der Waals surface area contributed by atoms with E-state index in [4.69, 9.17) is 0 Å². The zero-order valence-corrected chi connectivity index (χ0v) is 12.5. The molecule has 1 heteroatoms. The minimum Gasteiger partial charge on any atom is -0.307 e. The fraction of sp³-hybridized carbons (Fsp3) is 0.875. The first kappa shape index (κ1) is 16.5. The van der Waals surface area contributed by atoms with Gasteiger partial charge in [0.1, 0.15) is 0 Å². The minimum absolute atomic E-state index is 0.326. The predicted molar refractivity (Wildman–Crippen MR) is 78.0 cm³/mol. The molecular weight excluding hydrogens is 206 g/mol. The summed E-state index contributed by atoms with van der Waals surface area (Å²) in [6.45, 7) is 9.08. The molecular formula is C16H31N. The van der Waals surface area contributed by atoms with Crippen LogP contribution in [0.25, 0.3) is 0 Å². The fourth-order valence-corrected chi connectivity index (χ4v) is 2.01. The van der Waals surface area contributed by atoms with E-state index in [0.717, 1.165) is 18.3 Å². The molecule has 0 aromatic heterocycles. The third-order valence-electron chi connectivity index (χ3n) is 3.38. The second-order valence-corrected chi connectivity index (χ2v) is 5.47. The van der Waals surface area contributed by atoms with Gasteiger partial charge in [0.15, 0.2) is 0 Å². The molecule has 0 radical (unpaired) electrons. The third kappa shape index (κ3) is 10.4. The van der Waals surface area contributed by atoms with Crippen molar-refractivity contribution < 1.29 is 0 Å². The fourth-order valence-electron chi connectivity index (χ4n) is 2.01. The molecule has 0 aliphatic heterocycles. The van der Waals surface area contributed by atoms with Gasteiger partial charge in [-0.05, 0) is 32.2 Å². The smallest absolute Gasteiger partial charge is 0.0658 e. The summed E-state index contributed by atoms with van der Waals surface area (Å²) in [5, 5.41) is 3.14. The Morgan fingerprint density at radius 3 is 2.24 bits per heavy atom. The van der Waals surface area contributed by atoms with Gasteiger partial charge >= 0.3 is 0 Å². The van der Waals surface area contributed by atoms with Gasteiger partial charge in [-0.2, -0.15) is 0 Å². The molecule has 0 bridgehead atoms. The van der Waals surface area contributed by atoms with Crippen molar-refractivity contribution in [3.63, 3.8) is 0 Å². The van der Waals surface area contributed by atoms with Gasteiger partial charge in [-0.25, -0.2) is 0 Å². The van der Waals surface area contributed by atoms with Crippen LogP contribution in [0.4, 0.5) is 0 Å². The quantitative estimate of drug-likeness (QED) is 0.623. The second-order valence-electron chi connectivity index (χ2n) is 5.47. The molecule has 0 rings (SSSR count). The Morgan fingerprint density at radius 1 is 1.00 bits per heavy atom. The summed E-state index contributed by atoms with van der Waals surface area (Å²) >= 11 is 0. The number of nitrogens with one attached hydrogen (secondary N) is 1. The van der Waals surface area contributed by atoms with Gasteiger partial charge in [0.05, 0.1) is 6.04 Å². The van der Waals surface area contributed by atoms with Crippen molar-refractivity contribution in [2.24, 2.45) is 11.8 Å². The number of hydrogen-bond acceptors (Lipinski definition) is 1. The molecule has 3 atom stereocenters. The number of hydrogen-bond donors (Lipinski definition) is 1. The lowest BCUT2D eigenvalue weighted by Crippen LogP contribution is -2.18. The SMILES string of the molecule is CCCC(C)CCCC(C)CC#CC(C)NC. The van der Waals surface area contributed by atoms with E-state index in [2.05, 4.69) is 44.9 Å². The van der Waals surface area contributed by atoms with Crippen LogP contribution < -0.4 is 5.32 Å². The van der Waals surface area contributed by atoms with Crippen LogP contribution in [0.5, 0.6) is 0 Å². The van der Waals surface area contributed by atoms with E-state index < -0.39 is 0 Å². The van der Waals surface area contributed by atoms with Gasteiger partial charge in [0, 0.05) is 6.42 Å². The Hall–Kier alpha value is -0.480. The van der Waals surface area contributed by atoms with Crippen molar-refractivity contribution >= 4 is 0 Å². The highest BCUT2D eigenvalue weighted by Crippen LogP contribution is 2.17. The van der Waals surface area contributed by atoms with Crippen LogP contribution in [0.2, 0.25) is 0 Å². The van der Waals surface area contributed by atoms with Crippen LogP contribution in [0.3, 0.4) is 0 Å². The Labute approximate surface area is 109 Å². The molecule has 0 heterocycles. The van der Waals surface area contributed by atoms with E-state index in [1.165, 1.54) is 32.1 Å². The highest BCUT2D eigenvalue weighted by atomic mass is 14.8. The monoisotopic (exact) mass is 237 g/mol. The summed E-state index contributed by atoms with van der Waals surface area (Å²) < 4.78 is 0. The molecule has 0 amide bonds. The lowest BCUT2D eigenvalue weighted by Gasteiger charge is -2.11. The lowest BCUT2D eigenvalue weighted by molar-refractivity contribution is 0.425. The van der Waals surface area contributed by atoms with Crippen LogP contribution in [0, 0.1) is 23.7 Å². The van der Waals surface area contributed by atoms with E-state index in [1.807, 2.05) is 7.05 Å². The Morgan fingerprint density at radius 2 is 1.65 bits per heavy atom. The minimum atomic E-state index is 0.326. The van der Waals surface area contributed by atoms with Crippen molar-refractivity contribution in [1.29, 1.82) is 0 Å². The molecule has 0 aliphatic carbocycles.